The molecule has 2 aromatic carbocycles. The zero-order valence-corrected chi connectivity index (χ0v) is 20.1. The van der Waals surface area contributed by atoms with Crippen LogP contribution in [0.2, 0.25) is 0 Å². The summed E-state index contributed by atoms with van der Waals surface area (Å²) in [5, 5.41) is 0. The molecule has 0 spiro atoms. The number of hydrogen-bond donors (Lipinski definition) is 1. The number of hydrogen-bond acceptors (Lipinski definition) is 6. The van der Waals surface area contributed by atoms with Crippen molar-refractivity contribution in [3.63, 3.8) is 0 Å². The molecule has 1 N–H and O–H groups in total. The third kappa shape index (κ3) is 6.17. The lowest BCUT2D eigenvalue weighted by Crippen LogP contribution is -2.33. The van der Waals surface area contributed by atoms with Crippen molar-refractivity contribution in [2.75, 3.05) is 39.6 Å². The van der Waals surface area contributed by atoms with Gasteiger partial charge in [0.1, 0.15) is 6.61 Å². The second-order valence-electron chi connectivity index (χ2n) is 7.47. The van der Waals surface area contributed by atoms with Crippen LogP contribution in [-0.4, -0.2) is 58.8 Å². The van der Waals surface area contributed by atoms with E-state index in [2.05, 4.69) is 4.72 Å². The van der Waals surface area contributed by atoms with Crippen LogP contribution in [0.1, 0.15) is 36.0 Å². The molecule has 0 atom stereocenters. The summed E-state index contributed by atoms with van der Waals surface area (Å²) >= 11 is 1.44. The van der Waals surface area contributed by atoms with Crippen LogP contribution in [0.15, 0.2) is 52.3 Å². The van der Waals surface area contributed by atoms with Gasteiger partial charge in [-0.2, -0.15) is 0 Å². The molecule has 0 aromatic heterocycles. The standard InChI is InChI=1S/C23H30N2O5S2/c1-29-20-9-5-6-10-21(20)30-16-13-24-32(27,28)18-11-12-22(31-2)19(17-18)23(26)25-14-7-3-4-8-15-25/h5-6,9-12,17,24H,3-4,7-8,13-16H2,1-2H3. The summed E-state index contributed by atoms with van der Waals surface area (Å²) in [5.74, 6) is 1.02. The van der Waals surface area contributed by atoms with Crippen LogP contribution in [0.4, 0.5) is 0 Å². The third-order valence-corrected chi connectivity index (χ3v) is 7.58. The summed E-state index contributed by atoms with van der Waals surface area (Å²) < 4.78 is 39.1. The highest BCUT2D eigenvalue weighted by atomic mass is 32.2. The first-order chi connectivity index (χ1) is 15.5. The van der Waals surface area contributed by atoms with E-state index in [1.807, 2.05) is 23.3 Å². The molecule has 7 nitrogen and oxygen atoms in total. The molecule has 2 aromatic rings. The van der Waals surface area contributed by atoms with Crippen molar-refractivity contribution < 1.29 is 22.7 Å². The molecule has 1 fully saturated rings. The quantitative estimate of drug-likeness (QED) is 0.436. The predicted octanol–water partition coefficient (Wildman–Crippen LogP) is 3.79. The van der Waals surface area contributed by atoms with E-state index in [0.717, 1.165) is 30.6 Å². The fraction of sp³-hybridized carbons (Fsp3) is 0.435. The molecule has 1 aliphatic rings. The molecule has 0 aliphatic carbocycles. The highest BCUT2D eigenvalue weighted by Gasteiger charge is 2.23. The van der Waals surface area contributed by atoms with Gasteiger partial charge in [-0.05, 0) is 49.4 Å². The van der Waals surface area contributed by atoms with Crippen molar-refractivity contribution in [1.29, 1.82) is 0 Å². The number of thioether (sulfide) groups is 1. The Morgan fingerprint density at radius 2 is 1.75 bits per heavy atom. The second-order valence-corrected chi connectivity index (χ2v) is 10.1. The van der Waals surface area contributed by atoms with Gasteiger partial charge >= 0.3 is 0 Å². The minimum Gasteiger partial charge on any atom is -0.493 e. The van der Waals surface area contributed by atoms with Gasteiger partial charge in [-0.15, -0.1) is 11.8 Å². The van der Waals surface area contributed by atoms with Crippen molar-refractivity contribution in [2.24, 2.45) is 0 Å². The summed E-state index contributed by atoms with van der Waals surface area (Å²) in [5.41, 5.74) is 0.438. The van der Waals surface area contributed by atoms with Gasteiger partial charge in [0.25, 0.3) is 5.91 Å². The number of carbonyl (C=O) groups excluding carboxylic acids is 1. The van der Waals surface area contributed by atoms with Crippen molar-refractivity contribution in [1.82, 2.24) is 9.62 Å². The molecule has 174 valence electrons. The molecule has 1 saturated heterocycles. The van der Waals surface area contributed by atoms with Gasteiger partial charge in [0.2, 0.25) is 10.0 Å². The van der Waals surface area contributed by atoms with Crippen LogP contribution in [-0.2, 0) is 10.0 Å². The van der Waals surface area contributed by atoms with E-state index in [1.165, 1.54) is 23.9 Å². The predicted molar refractivity (Wildman–Crippen MR) is 126 cm³/mol. The highest BCUT2D eigenvalue weighted by Crippen LogP contribution is 2.27. The smallest absolute Gasteiger partial charge is 0.255 e. The van der Waals surface area contributed by atoms with Crippen LogP contribution in [0.3, 0.4) is 0 Å². The summed E-state index contributed by atoms with van der Waals surface area (Å²) in [6.07, 6.45) is 6.08. The van der Waals surface area contributed by atoms with Crippen LogP contribution >= 0.6 is 11.8 Å². The average molecular weight is 479 g/mol. The van der Waals surface area contributed by atoms with Gasteiger partial charge < -0.3 is 14.4 Å². The topological polar surface area (TPSA) is 84.9 Å². The molecule has 0 bridgehead atoms. The number of para-hydroxylation sites is 2. The Bertz CT molecular complexity index is 1020. The fourth-order valence-electron chi connectivity index (χ4n) is 3.62. The Hall–Kier alpha value is -2.23. The number of methoxy groups -OCH3 is 1. The molecular weight excluding hydrogens is 448 g/mol. The van der Waals surface area contributed by atoms with E-state index in [1.54, 1.807) is 25.3 Å². The SMILES string of the molecule is COc1ccccc1OCCNS(=O)(=O)c1ccc(SC)c(C(=O)N2CCCCCC2)c1. The Morgan fingerprint density at radius 3 is 2.41 bits per heavy atom. The number of rotatable bonds is 9. The largest absolute Gasteiger partial charge is 0.493 e. The van der Waals surface area contributed by atoms with Crippen molar-refractivity contribution >= 4 is 27.7 Å². The van der Waals surface area contributed by atoms with Crippen molar-refractivity contribution in [2.45, 2.75) is 35.5 Å². The Balaban J connectivity index is 1.69. The molecule has 0 saturated carbocycles. The minimum absolute atomic E-state index is 0.0748. The van der Waals surface area contributed by atoms with Gasteiger partial charge in [-0.25, -0.2) is 13.1 Å². The van der Waals surface area contributed by atoms with Crippen LogP contribution in [0, 0.1) is 0 Å². The van der Waals surface area contributed by atoms with E-state index in [4.69, 9.17) is 9.47 Å². The number of amides is 1. The second kappa shape index (κ2) is 11.6. The maximum atomic E-state index is 13.2. The zero-order valence-electron chi connectivity index (χ0n) is 18.5. The first kappa shape index (κ1) is 24.4. The van der Waals surface area contributed by atoms with Gasteiger partial charge in [0, 0.05) is 24.5 Å². The van der Waals surface area contributed by atoms with Crippen LogP contribution in [0.25, 0.3) is 0 Å². The summed E-state index contributed by atoms with van der Waals surface area (Å²) in [6.45, 7) is 1.65. The number of nitrogens with one attached hydrogen (secondary N) is 1. The fourth-order valence-corrected chi connectivity index (χ4v) is 5.23. The van der Waals surface area contributed by atoms with E-state index < -0.39 is 10.0 Å². The minimum atomic E-state index is -3.79. The van der Waals surface area contributed by atoms with Gasteiger partial charge in [-0.3, -0.25) is 4.79 Å². The molecule has 1 aliphatic heterocycles. The molecule has 0 unspecified atom stereocenters. The molecular formula is C23H30N2O5S2. The normalized spacial score (nSPS) is 14.6. The molecule has 9 heteroatoms. The zero-order chi connectivity index (χ0) is 23.0. The Morgan fingerprint density at radius 1 is 1.06 bits per heavy atom. The maximum absolute atomic E-state index is 13.2. The number of likely N-dealkylation sites (tertiary alicyclic amines) is 1. The monoisotopic (exact) mass is 478 g/mol. The average Bonchev–Trinajstić information content (AvgIpc) is 3.11. The number of nitrogens with zero attached hydrogens (tertiary/aromatic N) is 1. The molecule has 1 heterocycles. The molecule has 3 rings (SSSR count). The van der Waals surface area contributed by atoms with Gasteiger partial charge in [-0.1, -0.05) is 25.0 Å². The van der Waals surface area contributed by atoms with Gasteiger partial charge in [0.05, 0.1) is 17.6 Å². The van der Waals surface area contributed by atoms with E-state index in [0.29, 0.717) is 30.2 Å². The number of sulfonamides is 1. The Kier molecular flexibility index (Phi) is 8.84. The first-order valence-electron chi connectivity index (χ1n) is 10.7. The summed E-state index contributed by atoms with van der Waals surface area (Å²) in [4.78, 5) is 15.8. The summed E-state index contributed by atoms with van der Waals surface area (Å²) in [7, 11) is -2.24. The van der Waals surface area contributed by atoms with Crippen molar-refractivity contribution in [3.8, 4) is 11.5 Å². The maximum Gasteiger partial charge on any atom is 0.255 e. The number of carbonyl (C=O) groups is 1. The molecule has 1 amide bonds. The highest BCUT2D eigenvalue weighted by molar-refractivity contribution is 7.98. The summed E-state index contributed by atoms with van der Waals surface area (Å²) in [6, 6.07) is 11.9. The Labute approximate surface area is 194 Å². The first-order valence-corrected chi connectivity index (χ1v) is 13.4. The van der Waals surface area contributed by atoms with E-state index in [-0.39, 0.29) is 24.0 Å². The lowest BCUT2D eigenvalue weighted by Gasteiger charge is -2.22. The number of ether oxygens (including phenoxy) is 2. The van der Waals surface area contributed by atoms with Crippen LogP contribution in [0.5, 0.6) is 11.5 Å². The number of benzene rings is 2. The van der Waals surface area contributed by atoms with E-state index >= 15 is 0 Å². The molecule has 0 radical (unpaired) electrons. The van der Waals surface area contributed by atoms with Crippen LogP contribution < -0.4 is 14.2 Å². The molecule has 32 heavy (non-hydrogen) atoms. The lowest BCUT2D eigenvalue weighted by molar-refractivity contribution is 0.0758. The lowest BCUT2D eigenvalue weighted by atomic mass is 10.2. The third-order valence-electron chi connectivity index (χ3n) is 5.33. The van der Waals surface area contributed by atoms with E-state index in [9.17, 15) is 13.2 Å². The van der Waals surface area contributed by atoms with Gasteiger partial charge in [0.15, 0.2) is 11.5 Å². The van der Waals surface area contributed by atoms with Crippen molar-refractivity contribution in [3.05, 3.63) is 48.0 Å².